The number of hydrogen-bond donors (Lipinski definition) is 1. The van der Waals surface area contributed by atoms with Gasteiger partial charge in [-0.2, -0.15) is 0 Å². The van der Waals surface area contributed by atoms with Crippen LogP contribution in [0.25, 0.3) is 0 Å². The van der Waals surface area contributed by atoms with Gasteiger partial charge in [0, 0.05) is 15.5 Å². The smallest absolute Gasteiger partial charge is 0.309 e. The number of aryl methyl sites for hydroxylation is 1. The van der Waals surface area contributed by atoms with Crippen LogP contribution in [0.4, 0.5) is 5.69 Å². The summed E-state index contributed by atoms with van der Waals surface area (Å²) >= 11 is 6.92. The van der Waals surface area contributed by atoms with Gasteiger partial charge < -0.3 is 10.1 Å². The molecule has 0 saturated carbocycles. The summed E-state index contributed by atoms with van der Waals surface area (Å²) in [6.07, 6.45) is 0. The molecule has 1 atom stereocenters. The molecule has 1 aromatic rings. The number of carbonyl (C=O) groups is 2. The highest BCUT2D eigenvalue weighted by atomic mass is 79.9. The molecular formula is C16H22Br2N2O3. The number of benzene rings is 1. The lowest BCUT2D eigenvalue weighted by Crippen LogP contribution is -2.38. The molecule has 23 heavy (non-hydrogen) atoms. The molecule has 0 aliphatic rings. The lowest BCUT2D eigenvalue weighted by molar-refractivity contribution is -0.145. The number of halogens is 2. The van der Waals surface area contributed by atoms with Crippen molar-refractivity contribution in [2.24, 2.45) is 5.92 Å². The van der Waals surface area contributed by atoms with Gasteiger partial charge in [-0.25, -0.2) is 0 Å². The van der Waals surface area contributed by atoms with Crippen LogP contribution in [-0.4, -0.2) is 43.5 Å². The molecular weight excluding hydrogens is 428 g/mol. The van der Waals surface area contributed by atoms with Crippen LogP contribution in [0.5, 0.6) is 0 Å². The van der Waals surface area contributed by atoms with E-state index in [2.05, 4.69) is 37.2 Å². The van der Waals surface area contributed by atoms with Gasteiger partial charge in [0.05, 0.1) is 25.3 Å². The maximum absolute atomic E-state index is 12.3. The van der Waals surface area contributed by atoms with E-state index in [-0.39, 0.29) is 24.3 Å². The Balaban J connectivity index is 2.69. The van der Waals surface area contributed by atoms with E-state index < -0.39 is 0 Å². The largest absolute Gasteiger partial charge is 0.469 e. The summed E-state index contributed by atoms with van der Waals surface area (Å²) in [7, 11) is 1.37. The number of amides is 1. The number of methoxy groups -OCH3 is 1. The number of rotatable bonds is 7. The second kappa shape index (κ2) is 9.39. The van der Waals surface area contributed by atoms with E-state index in [1.807, 2.05) is 30.9 Å². The lowest BCUT2D eigenvalue weighted by Gasteiger charge is -2.23. The fraction of sp³-hybridized carbons (Fsp3) is 0.500. The molecule has 1 rings (SSSR count). The van der Waals surface area contributed by atoms with Crippen LogP contribution in [0.15, 0.2) is 21.1 Å². The number of anilines is 1. The number of likely N-dealkylation sites (N-methyl/N-ethyl adjacent to an activating group) is 1. The van der Waals surface area contributed by atoms with Gasteiger partial charge in [0.15, 0.2) is 0 Å². The molecule has 0 fully saturated rings. The SMILES string of the molecule is CCN(CC(=O)Nc1c(Br)cc(C)cc1Br)CC(C)C(=O)OC. The average Bonchev–Trinajstić information content (AvgIpc) is 2.49. The van der Waals surface area contributed by atoms with Gasteiger partial charge in [0.25, 0.3) is 0 Å². The molecule has 1 aromatic carbocycles. The number of nitrogens with one attached hydrogen (secondary N) is 1. The minimum absolute atomic E-state index is 0.130. The zero-order valence-electron chi connectivity index (χ0n) is 13.8. The Labute approximate surface area is 154 Å². The van der Waals surface area contributed by atoms with Crippen LogP contribution in [0.3, 0.4) is 0 Å². The van der Waals surface area contributed by atoms with Gasteiger partial charge in [-0.3, -0.25) is 14.5 Å². The van der Waals surface area contributed by atoms with Crippen molar-refractivity contribution in [1.29, 1.82) is 0 Å². The van der Waals surface area contributed by atoms with Crippen molar-refractivity contribution in [2.45, 2.75) is 20.8 Å². The molecule has 0 radical (unpaired) electrons. The van der Waals surface area contributed by atoms with Crippen LogP contribution in [0, 0.1) is 12.8 Å². The summed E-state index contributed by atoms with van der Waals surface area (Å²) in [5.74, 6) is -0.673. The van der Waals surface area contributed by atoms with E-state index in [1.54, 1.807) is 6.92 Å². The first-order chi connectivity index (χ1) is 10.8. The van der Waals surface area contributed by atoms with E-state index >= 15 is 0 Å². The van der Waals surface area contributed by atoms with Gasteiger partial charge in [-0.15, -0.1) is 0 Å². The van der Waals surface area contributed by atoms with Gasteiger partial charge in [-0.1, -0.05) is 13.8 Å². The zero-order valence-corrected chi connectivity index (χ0v) is 17.0. The normalized spacial score (nSPS) is 12.1. The Morgan fingerprint density at radius 2 is 1.87 bits per heavy atom. The molecule has 0 saturated heterocycles. The van der Waals surface area contributed by atoms with Crippen molar-refractivity contribution in [3.05, 3.63) is 26.6 Å². The van der Waals surface area contributed by atoms with E-state index in [9.17, 15) is 9.59 Å². The minimum Gasteiger partial charge on any atom is -0.469 e. The highest BCUT2D eigenvalue weighted by molar-refractivity contribution is 9.11. The van der Waals surface area contributed by atoms with Crippen molar-refractivity contribution >= 4 is 49.4 Å². The van der Waals surface area contributed by atoms with E-state index in [1.165, 1.54) is 7.11 Å². The molecule has 1 N–H and O–H groups in total. The minimum atomic E-state index is -0.273. The predicted molar refractivity (Wildman–Crippen MR) is 98.5 cm³/mol. The Morgan fingerprint density at radius 3 is 2.35 bits per heavy atom. The first kappa shape index (κ1) is 20.1. The number of esters is 1. The number of carbonyl (C=O) groups excluding carboxylic acids is 2. The third-order valence-electron chi connectivity index (χ3n) is 3.40. The Kier molecular flexibility index (Phi) is 8.22. The van der Waals surface area contributed by atoms with Crippen molar-refractivity contribution in [1.82, 2.24) is 4.90 Å². The van der Waals surface area contributed by atoms with Crippen molar-refractivity contribution in [3.63, 3.8) is 0 Å². The monoisotopic (exact) mass is 448 g/mol. The first-order valence-corrected chi connectivity index (χ1v) is 8.92. The topological polar surface area (TPSA) is 58.6 Å². The van der Waals surface area contributed by atoms with E-state index in [4.69, 9.17) is 4.74 Å². The van der Waals surface area contributed by atoms with Crippen molar-refractivity contribution in [3.8, 4) is 0 Å². The van der Waals surface area contributed by atoms with Crippen LogP contribution in [0.2, 0.25) is 0 Å². The Morgan fingerprint density at radius 1 is 1.30 bits per heavy atom. The quantitative estimate of drug-likeness (QED) is 0.646. The molecule has 0 aromatic heterocycles. The van der Waals surface area contributed by atoms with Crippen LogP contribution in [0.1, 0.15) is 19.4 Å². The van der Waals surface area contributed by atoms with Gasteiger partial charge in [-0.05, 0) is 63.0 Å². The first-order valence-electron chi connectivity index (χ1n) is 7.34. The molecule has 128 valence electrons. The average molecular weight is 450 g/mol. The molecule has 1 unspecified atom stereocenters. The lowest BCUT2D eigenvalue weighted by atomic mass is 10.1. The van der Waals surface area contributed by atoms with Gasteiger partial charge >= 0.3 is 5.97 Å². The van der Waals surface area contributed by atoms with Crippen LogP contribution >= 0.6 is 31.9 Å². The van der Waals surface area contributed by atoms with E-state index in [0.29, 0.717) is 18.8 Å². The predicted octanol–water partition coefficient (Wildman–Crippen LogP) is 3.59. The third kappa shape index (κ3) is 6.24. The zero-order chi connectivity index (χ0) is 17.6. The molecule has 0 aliphatic carbocycles. The molecule has 0 aliphatic heterocycles. The van der Waals surface area contributed by atoms with Gasteiger partial charge in [0.2, 0.25) is 5.91 Å². The second-order valence-corrected chi connectivity index (χ2v) is 7.11. The van der Waals surface area contributed by atoms with Crippen LogP contribution < -0.4 is 5.32 Å². The summed E-state index contributed by atoms with van der Waals surface area (Å²) in [5.41, 5.74) is 1.79. The van der Waals surface area contributed by atoms with Crippen molar-refractivity contribution < 1.29 is 14.3 Å². The number of nitrogens with zero attached hydrogens (tertiary/aromatic N) is 1. The molecule has 1 amide bonds. The van der Waals surface area contributed by atoms with E-state index in [0.717, 1.165) is 14.5 Å². The third-order valence-corrected chi connectivity index (χ3v) is 4.65. The molecule has 5 nitrogen and oxygen atoms in total. The standard InChI is InChI=1S/C16H22Br2N2O3/c1-5-20(8-11(3)16(22)23-4)9-14(21)19-15-12(17)6-10(2)7-13(15)18/h6-7,11H,5,8-9H2,1-4H3,(H,19,21). The van der Waals surface area contributed by atoms with Gasteiger partial charge in [0.1, 0.15) is 0 Å². The number of ether oxygens (including phenoxy) is 1. The fourth-order valence-electron chi connectivity index (χ4n) is 2.17. The Bertz CT molecular complexity index is 555. The summed E-state index contributed by atoms with van der Waals surface area (Å²) in [6, 6.07) is 3.88. The fourth-order valence-corrected chi connectivity index (χ4v) is 3.78. The molecule has 0 bridgehead atoms. The van der Waals surface area contributed by atoms with Crippen molar-refractivity contribution in [2.75, 3.05) is 32.1 Å². The summed E-state index contributed by atoms with van der Waals surface area (Å²) in [4.78, 5) is 25.7. The van der Waals surface area contributed by atoms with Crippen LogP contribution in [-0.2, 0) is 14.3 Å². The highest BCUT2D eigenvalue weighted by Crippen LogP contribution is 2.32. The molecule has 0 heterocycles. The highest BCUT2D eigenvalue weighted by Gasteiger charge is 2.19. The number of hydrogen-bond acceptors (Lipinski definition) is 4. The Hall–Kier alpha value is -0.920. The summed E-state index contributed by atoms with van der Waals surface area (Å²) in [5, 5.41) is 2.90. The second-order valence-electron chi connectivity index (χ2n) is 5.40. The maximum Gasteiger partial charge on any atom is 0.309 e. The summed E-state index contributed by atoms with van der Waals surface area (Å²) in [6.45, 7) is 7.09. The molecule has 7 heteroatoms. The molecule has 0 spiro atoms. The summed E-state index contributed by atoms with van der Waals surface area (Å²) < 4.78 is 6.37. The maximum atomic E-state index is 12.3.